The lowest BCUT2D eigenvalue weighted by Crippen LogP contribution is -2.35. The summed E-state index contributed by atoms with van der Waals surface area (Å²) >= 11 is 0. The number of hydrogen-bond donors (Lipinski definition) is 3. The highest BCUT2D eigenvalue weighted by Crippen LogP contribution is 2.26. The standard InChI is InChI=1S/C21H33N3O7S/c1-16(17-6-4-9-19(14-17)31-18-7-2-3-8-18)23-32(28,29)13-5-12-30-15-24(21(26)27)11-10-20(22)25/h4,6,9,14,16,18,23H,2-3,5,7-8,10-13,15H2,1H3,(H2,22,25)(H,26,27)/t16-/m1/s1. The van der Waals surface area contributed by atoms with E-state index in [-0.39, 0.29) is 44.6 Å². The third-order valence-electron chi connectivity index (χ3n) is 5.17. The highest BCUT2D eigenvalue weighted by atomic mass is 32.2. The third kappa shape index (κ3) is 9.41. The number of carbonyl (C=O) groups excluding carboxylic acids is 1. The molecule has 1 aromatic carbocycles. The molecule has 0 heterocycles. The maximum absolute atomic E-state index is 12.4. The molecule has 2 rings (SSSR count). The largest absolute Gasteiger partial charge is 0.490 e. The molecule has 0 aliphatic heterocycles. The van der Waals surface area contributed by atoms with Gasteiger partial charge in [-0.1, -0.05) is 12.1 Å². The molecule has 0 spiro atoms. The van der Waals surface area contributed by atoms with Gasteiger partial charge in [0.15, 0.2) is 0 Å². The first-order valence-corrected chi connectivity index (χ1v) is 12.4. The van der Waals surface area contributed by atoms with Crippen molar-refractivity contribution in [3.8, 4) is 5.75 Å². The minimum absolute atomic E-state index is 0.0559. The number of ether oxygens (including phenoxy) is 2. The Morgan fingerprint density at radius 1 is 1.31 bits per heavy atom. The number of primary amides is 1. The highest BCUT2D eigenvalue weighted by molar-refractivity contribution is 7.89. The SMILES string of the molecule is C[C@@H](NS(=O)(=O)CCCOCN(CCC(N)=O)C(=O)O)c1cccc(OC2CCCC2)c1. The molecule has 0 bridgehead atoms. The van der Waals surface area contributed by atoms with Crippen LogP contribution in [0.1, 0.15) is 57.1 Å². The number of rotatable bonds is 14. The third-order valence-corrected chi connectivity index (χ3v) is 6.71. The summed E-state index contributed by atoms with van der Waals surface area (Å²) in [7, 11) is -3.56. The van der Waals surface area contributed by atoms with Crippen molar-refractivity contribution in [3.05, 3.63) is 29.8 Å². The molecule has 10 nitrogen and oxygen atoms in total. The molecule has 0 unspecified atom stereocenters. The molecule has 1 aromatic rings. The number of carbonyl (C=O) groups is 2. The average molecular weight is 472 g/mol. The second-order valence-electron chi connectivity index (χ2n) is 7.91. The summed E-state index contributed by atoms with van der Waals surface area (Å²) in [5.74, 6) is -0.0319. The van der Waals surface area contributed by atoms with Crippen molar-refractivity contribution < 1.29 is 32.6 Å². The fourth-order valence-electron chi connectivity index (χ4n) is 3.44. The van der Waals surface area contributed by atoms with Crippen molar-refractivity contribution in [2.24, 2.45) is 5.73 Å². The van der Waals surface area contributed by atoms with E-state index in [9.17, 15) is 18.0 Å². The Kier molecular flexibility index (Phi) is 10.2. The Labute approximate surface area is 189 Å². The smallest absolute Gasteiger partial charge is 0.409 e. The summed E-state index contributed by atoms with van der Waals surface area (Å²) in [6.07, 6.45) is 3.50. The second-order valence-corrected chi connectivity index (χ2v) is 9.78. The van der Waals surface area contributed by atoms with Gasteiger partial charge in [0.1, 0.15) is 12.5 Å². The Morgan fingerprint density at radius 2 is 2.03 bits per heavy atom. The van der Waals surface area contributed by atoms with E-state index in [1.165, 1.54) is 12.8 Å². The van der Waals surface area contributed by atoms with Gasteiger partial charge in [0.2, 0.25) is 15.9 Å². The van der Waals surface area contributed by atoms with E-state index in [0.717, 1.165) is 29.1 Å². The minimum atomic E-state index is -3.56. The molecule has 32 heavy (non-hydrogen) atoms. The van der Waals surface area contributed by atoms with Crippen molar-refractivity contribution in [1.29, 1.82) is 0 Å². The molecule has 1 aliphatic rings. The quantitative estimate of drug-likeness (QED) is 0.278. The molecule has 4 N–H and O–H groups in total. The first kappa shape index (κ1) is 25.9. The first-order chi connectivity index (χ1) is 15.2. The zero-order valence-electron chi connectivity index (χ0n) is 18.4. The van der Waals surface area contributed by atoms with Gasteiger partial charge in [0.05, 0.1) is 11.9 Å². The average Bonchev–Trinajstić information content (AvgIpc) is 3.22. The van der Waals surface area contributed by atoms with Crippen LogP contribution in [0.5, 0.6) is 5.75 Å². The number of nitrogens with zero attached hydrogens (tertiary/aromatic N) is 1. The molecule has 11 heteroatoms. The summed E-state index contributed by atoms with van der Waals surface area (Å²) in [5, 5.41) is 9.06. The van der Waals surface area contributed by atoms with Crippen molar-refractivity contribution in [3.63, 3.8) is 0 Å². The van der Waals surface area contributed by atoms with Crippen LogP contribution < -0.4 is 15.2 Å². The first-order valence-electron chi connectivity index (χ1n) is 10.8. The van der Waals surface area contributed by atoms with Crippen LogP contribution in [-0.2, 0) is 19.6 Å². The van der Waals surface area contributed by atoms with Gasteiger partial charge in [-0.15, -0.1) is 0 Å². The van der Waals surface area contributed by atoms with Crippen molar-refractivity contribution in [2.45, 2.75) is 57.6 Å². The Balaban J connectivity index is 1.75. The van der Waals surface area contributed by atoms with Gasteiger partial charge in [-0.3, -0.25) is 9.69 Å². The minimum Gasteiger partial charge on any atom is -0.490 e. The number of amides is 2. The topological polar surface area (TPSA) is 148 Å². The predicted octanol–water partition coefficient (Wildman–Crippen LogP) is 2.21. The molecular weight excluding hydrogens is 438 g/mol. The lowest BCUT2D eigenvalue weighted by atomic mass is 10.1. The molecule has 0 aromatic heterocycles. The van der Waals surface area contributed by atoms with Crippen molar-refractivity contribution in [1.82, 2.24) is 9.62 Å². The van der Waals surface area contributed by atoms with Gasteiger partial charge >= 0.3 is 6.09 Å². The fraction of sp³-hybridized carbons (Fsp3) is 0.619. The molecule has 0 radical (unpaired) electrons. The van der Waals surface area contributed by atoms with E-state index in [4.69, 9.17) is 20.3 Å². The summed E-state index contributed by atoms with van der Waals surface area (Å²) < 4.78 is 38.7. The van der Waals surface area contributed by atoms with E-state index in [0.29, 0.717) is 0 Å². The van der Waals surface area contributed by atoms with E-state index in [1.54, 1.807) is 6.92 Å². The Bertz CT molecular complexity index is 857. The van der Waals surface area contributed by atoms with Crippen molar-refractivity contribution >= 4 is 22.0 Å². The van der Waals surface area contributed by atoms with E-state index < -0.39 is 28.1 Å². The van der Waals surface area contributed by atoms with Gasteiger partial charge < -0.3 is 20.3 Å². The van der Waals surface area contributed by atoms with Gasteiger partial charge in [-0.05, 0) is 56.7 Å². The molecule has 1 fully saturated rings. The monoisotopic (exact) mass is 471 g/mol. The van der Waals surface area contributed by atoms with Gasteiger partial charge in [0.25, 0.3) is 0 Å². The van der Waals surface area contributed by atoms with Crippen LogP contribution in [0, 0.1) is 0 Å². The van der Waals surface area contributed by atoms with Gasteiger partial charge in [-0.25, -0.2) is 17.9 Å². The molecular formula is C21H33N3O7S. The highest BCUT2D eigenvalue weighted by Gasteiger charge is 2.19. The molecule has 180 valence electrons. The Morgan fingerprint density at radius 3 is 2.69 bits per heavy atom. The summed E-state index contributed by atoms with van der Waals surface area (Å²) in [5.41, 5.74) is 5.82. The number of sulfonamides is 1. The van der Waals surface area contributed by atoms with E-state index in [1.807, 2.05) is 24.3 Å². The van der Waals surface area contributed by atoms with Gasteiger partial charge in [0, 0.05) is 25.6 Å². The zero-order valence-corrected chi connectivity index (χ0v) is 19.2. The summed E-state index contributed by atoms with van der Waals surface area (Å²) in [4.78, 5) is 22.8. The zero-order chi connectivity index (χ0) is 23.6. The maximum Gasteiger partial charge on any atom is 0.409 e. The maximum atomic E-state index is 12.4. The normalized spacial score (nSPS) is 15.4. The van der Waals surface area contributed by atoms with Gasteiger partial charge in [-0.2, -0.15) is 0 Å². The van der Waals surface area contributed by atoms with Crippen LogP contribution in [0.2, 0.25) is 0 Å². The summed E-state index contributed by atoms with van der Waals surface area (Å²) in [6.45, 7) is 1.48. The van der Waals surface area contributed by atoms with Crippen LogP contribution in [-0.4, -0.2) is 62.2 Å². The van der Waals surface area contributed by atoms with Crippen LogP contribution in [0.25, 0.3) is 0 Å². The number of benzene rings is 1. The lowest BCUT2D eigenvalue weighted by Gasteiger charge is -2.19. The predicted molar refractivity (Wildman–Crippen MR) is 119 cm³/mol. The second kappa shape index (κ2) is 12.6. The molecule has 1 aliphatic carbocycles. The van der Waals surface area contributed by atoms with Crippen LogP contribution in [0.4, 0.5) is 4.79 Å². The summed E-state index contributed by atoms with van der Waals surface area (Å²) in [6, 6.07) is 7.02. The molecule has 1 atom stereocenters. The number of nitrogens with two attached hydrogens (primary N) is 1. The van der Waals surface area contributed by atoms with Crippen LogP contribution in [0.15, 0.2) is 24.3 Å². The number of carboxylic acid groups (broad SMARTS) is 1. The number of nitrogens with one attached hydrogen (secondary N) is 1. The Hall–Kier alpha value is -2.37. The van der Waals surface area contributed by atoms with Crippen LogP contribution >= 0.6 is 0 Å². The lowest BCUT2D eigenvalue weighted by molar-refractivity contribution is -0.118. The molecule has 0 saturated heterocycles. The van der Waals surface area contributed by atoms with Crippen molar-refractivity contribution in [2.75, 3.05) is 25.6 Å². The number of hydrogen-bond acceptors (Lipinski definition) is 6. The van der Waals surface area contributed by atoms with Crippen LogP contribution in [0.3, 0.4) is 0 Å². The molecule has 1 saturated carbocycles. The van der Waals surface area contributed by atoms with E-state index >= 15 is 0 Å². The van der Waals surface area contributed by atoms with E-state index in [2.05, 4.69) is 4.72 Å². The molecule has 2 amide bonds. The fourth-order valence-corrected chi connectivity index (χ4v) is 4.73.